The second kappa shape index (κ2) is 15.6. The number of likely N-dealkylation sites (N-methyl/N-ethyl adjacent to an activating group) is 1. The summed E-state index contributed by atoms with van der Waals surface area (Å²) >= 11 is 0. The van der Waals surface area contributed by atoms with Crippen molar-refractivity contribution in [3.8, 4) is 12.4 Å². The van der Waals surface area contributed by atoms with Crippen LogP contribution in [0.15, 0.2) is 29.4 Å². The summed E-state index contributed by atoms with van der Waals surface area (Å²) in [5, 5.41) is 48.0. The van der Waals surface area contributed by atoms with Crippen molar-refractivity contribution < 1.29 is 48.3 Å². The predicted molar refractivity (Wildman–Crippen MR) is 154 cm³/mol. The Morgan fingerprint density at radius 1 is 1.11 bits per heavy atom. The third-order valence-electron chi connectivity index (χ3n) is 7.82. The molecule has 0 aromatic heterocycles. The molecule has 0 saturated carbocycles. The molecule has 3 aliphatic heterocycles. The molecule has 18 nitrogen and oxygen atoms in total. The Labute approximate surface area is 264 Å². The van der Waals surface area contributed by atoms with Gasteiger partial charge in [-0.2, -0.15) is 15.4 Å². The number of hydrogen-bond acceptors (Lipinski definition) is 16. The van der Waals surface area contributed by atoms with E-state index in [2.05, 4.69) is 15.8 Å². The highest BCUT2D eigenvalue weighted by Gasteiger charge is 2.59. The fourth-order valence-corrected chi connectivity index (χ4v) is 5.62. The van der Waals surface area contributed by atoms with E-state index in [0.717, 1.165) is 5.56 Å². The Bertz CT molecular complexity index is 1290. The predicted octanol–water partition coefficient (Wildman–Crippen LogP) is 0.386. The summed E-state index contributed by atoms with van der Waals surface area (Å²) in [6.45, 7) is 5.49. The molecule has 3 fully saturated rings. The van der Waals surface area contributed by atoms with Crippen molar-refractivity contribution in [1.82, 2.24) is 21.8 Å². The van der Waals surface area contributed by atoms with Gasteiger partial charge in [0.2, 0.25) is 18.7 Å². The van der Waals surface area contributed by atoms with Gasteiger partial charge in [-0.05, 0) is 46.4 Å². The van der Waals surface area contributed by atoms with Crippen LogP contribution in [-0.4, -0.2) is 108 Å². The van der Waals surface area contributed by atoms with E-state index >= 15 is 0 Å². The number of amides is 1. The van der Waals surface area contributed by atoms with Crippen molar-refractivity contribution in [3.63, 3.8) is 0 Å². The molecule has 4 rings (SSSR count). The number of aryl methyl sites for hydroxylation is 1. The number of benzene rings is 1. The number of nitrogens with zero attached hydrogens (tertiary/aromatic N) is 4. The molecular weight excluding hydrogens is 610 g/mol. The molecule has 252 valence electrons. The lowest BCUT2D eigenvalue weighted by Crippen LogP contribution is -2.69. The number of ether oxygens (including phenoxy) is 5. The van der Waals surface area contributed by atoms with Crippen LogP contribution in [0.1, 0.15) is 42.6 Å². The molecule has 46 heavy (non-hydrogen) atoms. The molecule has 0 spiro atoms. The van der Waals surface area contributed by atoms with Crippen LogP contribution in [0.25, 0.3) is 0 Å². The Morgan fingerprint density at radius 3 is 2.35 bits per heavy atom. The maximum Gasteiger partial charge on any atom is 0.335 e. The molecular formula is C28H39N7O11. The van der Waals surface area contributed by atoms with Gasteiger partial charge in [0.25, 0.3) is 5.91 Å². The highest BCUT2D eigenvalue weighted by molar-refractivity contribution is 5.94. The molecule has 1 aromatic rings. The van der Waals surface area contributed by atoms with E-state index in [1.165, 1.54) is 12.4 Å². The average Bonchev–Trinajstić information content (AvgIpc) is 3.44. The largest absolute Gasteiger partial charge is 0.479 e. The molecule has 10 atom stereocenters. The quantitative estimate of drug-likeness (QED) is 0.0673. The van der Waals surface area contributed by atoms with Crippen LogP contribution in [0.5, 0.6) is 0 Å². The van der Waals surface area contributed by atoms with E-state index in [4.69, 9.17) is 39.0 Å². The first-order valence-corrected chi connectivity index (χ1v) is 14.3. The monoisotopic (exact) mass is 649 g/mol. The maximum atomic E-state index is 12.4. The van der Waals surface area contributed by atoms with E-state index in [-0.39, 0.29) is 23.5 Å². The summed E-state index contributed by atoms with van der Waals surface area (Å²) < 4.78 is 29.6. The van der Waals surface area contributed by atoms with Crippen molar-refractivity contribution in [2.75, 3.05) is 13.6 Å². The van der Waals surface area contributed by atoms with E-state index < -0.39 is 73.0 Å². The van der Waals surface area contributed by atoms with E-state index in [0.29, 0.717) is 18.5 Å². The Kier molecular flexibility index (Phi) is 12.5. The minimum Gasteiger partial charge on any atom is -0.479 e. The van der Waals surface area contributed by atoms with Crippen LogP contribution in [0.2, 0.25) is 0 Å². The van der Waals surface area contributed by atoms with Crippen LogP contribution in [-0.2, 0) is 33.3 Å². The average molecular weight is 650 g/mol. The highest BCUT2D eigenvalue weighted by atomic mass is 16.8. The molecule has 3 heterocycles. The number of hydrogen-bond donors (Lipinski definition) is 5. The summed E-state index contributed by atoms with van der Waals surface area (Å²) in [6.07, 6.45) is -7.21. The maximum absolute atomic E-state index is 12.4. The number of carboxylic acids is 1. The van der Waals surface area contributed by atoms with Crippen LogP contribution >= 0.6 is 0 Å². The van der Waals surface area contributed by atoms with Gasteiger partial charge in [-0.3, -0.25) is 4.79 Å². The molecule has 1 amide bonds. The second-order valence-electron chi connectivity index (χ2n) is 11.3. The Morgan fingerprint density at radius 2 is 1.76 bits per heavy atom. The summed E-state index contributed by atoms with van der Waals surface area (Å²) in [5.74, 6) is -1.73. The third-order valence-corrected chi connectivity index (χ3v) is 7.82. The number of aliphatic hydroxyl groups is 1. The number of aliphatic carboxylic acids is 1. The molecule has 7 N–H and O–H groups in total. The summed E-state index contributed by atoms with van der Waals surface area (Å²) in [4.78, 5) is 41.8. The Hall–Kier alpha value is -3.82. The molecule has 0 aliphatic carbocycles. The summed E-state index contributed by atoms with van der Waals surface area (Å²) in [5.41, 5.74) is 0.403. The first-order valence-electron chi connectivity index (χ1n) is 14.3. The van der Waals surface area contributed by atoms with Crippen molar-refractivity contribution in [2.24, 2.45) is 5.18 Å². The number of nitriles is 2. The number of hydroxylamine groups is 2. The van der Waals surface area contributed by atoms with Crippen LogP contribution < -0.4 is 16.8 Å². The molecule has 3 aliphatic rings. The minimum atomic E-state index is -1.77. The number of carbonyl (C=O) groups excluding carboxylic acids is 1. The van der Waals surface area contributed by atoms with Gasteiger partial charge in [0.15, 0.2) is 24.7 Å². The van der Waals surface area contributed by atoms with Crippen molar-refractivity contribution in [2.45, 2.75) is 101 Å². The minimum absolute atomic E-state index is 0. The third kappa shape index (κ3) is 7.93. The summed E-state index contributed by atoms with van der Waals surface area (Å²) in [7, 11) is 1.57. The Balaban J connectivity index is 0.00000576. The number of carbonyl (C=O) groups is 2. The van der Waals surface area contributed by atoms with Gasteiger partial charge in [0.05, 0.1) is 11.6 Å². The van der Waals surface area contributed by atoms with Gasteiger partial charge >= 0.3 is 5.97 Å². The molecule has 18 heteroatoms. The first kappa shape index (κ1) is 36.6. The van der Waals surface area contributed by atoms with Gasteiger partial charge in [0, 0.05) is 18.5 Å². The van der Waals surface area contributed by atoms with Gasteiger partial charge in [-0.15, -0.1) is 0 Å². The van der Waals surface area contributed by atoms with Gasteiger partial charge in [-0.1, -0.05) is 27.9 Å². The van der Waals surface area contributed by atoms with Crippen LogP contribution in [0.4, 0.5) is 0 Å². The fourth-order valence-electron chi connectivity index (χ4n) is 5.62. The number of rotatable bonds is 12. The number of aliphatic hydroxyl groups excluding tert-OH is 1. The smallest absolute Gasteiger partial charge is 0.335 e. The molecule has 0 bridgehead atoms. The first-order chi connectivity index (χ1) is 21.4. The zero-order chi connectivity index (χ0) is 32.9. The van der Waals surface area contributed by atoms with E-state index in [9.17, 15) is 24.7 Å². The molecule has 3 saturated heterocycles. The lowest BCUT2D eigenvalue weighted by atomic mass is 9.86. The standard InChI is InChI=1S/C28H36N6O11.H3N/c1-14-7-9-15(10-8-14)24(36)32-11-5-6-16-40-20-18(35)21(25(37)38)43-27(22(20)41-16)42-19-17(33-39)26(45-34(12-29)13-30)44-28(2,3)23(19)31-4;/h7-10,16-23,26-27,31,35H,5-6,11H2,1-4H3,(H,32,36)(H,37,38);1H3. The van der Waals surface area contributed by atoms with Gasteiger partial charge in [-0.25, -0.2) is 9.63 Å². The fraction of sp³-hybridized carbons (Fsp3) is 0.643. The zero-order valence-corrected chi connectivity index (χ0v) is 25.8. The van der Waals surface area contributed by atoms with Gasteiger partial charge < -0.3 is 50.7 Å². The summed E-state index contributed by atoms with van der Waals surface area (Å²) in [6, 6.07) is 4.86. The zero-order valence-electron chi connectivity index (χ0n) is 25.8. The number of nitrogens with one attached hydrogen (secondary N) is 2. The van der Waals surface area contributed by atoms with Crippen LogP contribution in [0.3, 0.4) is 0 Å². The lowest BCUT2D eigenvalue weighted by molar-refractivity contribution is -0.343. The molecule has 1 aromatic carbocycles. The van der Waals surface area contributed by atoms with E-state index in [1.807, 2.05) is 19.1 Å². The SMILES string of the molecule is CNC1C(OC2OC(C(=O)O)C(O)C3OC(CCCNC(=O)c4ccc(C)cc4)OC23)C(N=O)C(ON(C#N)C#N)OC1(C)C.N. The molecule has 0 radical (unpaired) electrons. The highest BCUT2D eigenvalue weighted by Crippen LogP contribution is 2.39. The van der Waals surface area contributed by atoms with Gasteiger partial charge in [0.1, 0.15) is 24.4 Å². The molecule has 10 unspecified atom stereocenters. The van der Waals surface area contributed by atoms with Crippen molar-refractivity contribution in [3.05, 3.63) is 40.3 Å². The van der Waals surface area contributed by atoms with Crippen LogP contribution in [0, 0.1) is 34.7 Å². The van der Waals surface area contributed by atoms with E-state index in [1.54, 1.807) is 33.0 Å². The number of carboxylic acid groups (broad SMARTS) is 1. The van der Waals surface area contributed by atoms with Crippen molar-refractivity contribution in [1.29, 1.82) is 10.5 Å². The van der Waals surface area contributed by atoms with Crippen molar-refractivity contribution >= 4 is 11.9 Å². The normalized spacial score (nSPS) is 32.9. The topological polar surface area (TPSA) is 269 Å². The number of nitroso groups, excluding NO2 is 1. The lowest BCUT2D eigenvalue weighted by Gasteiger charge is -2.49. The second-order valence-corrected chi connectivity index (χ2v) is 11.3. The number of fused-ring (bicyclic) bond motifs is 1.